The molecule has 3 nitrogen and oxygen atoms in total. The molecule has 3 heteroatoms. The predicted octanol–water partition coefficient (Wildman–Crippen LogP) is 4.85. The Labute approximate surface area is 136 Å². The Morgan fingerprint density at radius 2 is 1.78 bits per heavy atom. The van der Waals surface area contributed by atoms with Crippen LogP contribution in [0.1, 0.15) is 27.8 Å². The number of fused-ring (bicyclic) bond motifs is 1. The molecule has 1 N–H and O–H groups in total. The van der Waals surface area contributed by atoms with Gasteiger partial charge in [0, 0.05) is 16.6 Å². The van der Waals surface area contributed by atoms with E-state index in [1.165, 1.54) is 16.7 Å². The minimum atomic E-state index is -0.0281. The van der Waals surface area contributed by atoms with E-state index in [9.17, 15) is 4.79 Å². The summed E-state index contributed by atoms with van der Waals surface area (Å²) in [4.78, 5) is 12.4. The van der Waals surface area contributed by atoms with Crippen LogP contribution < -0.4 is 5.32 Å². The average molecular weight is 307 g/mol. The third kappa shape index (κ3) is 3.00. The number of carbonyl (C=O) groups is 1. The van der Waals surface area contributed by atoms with Crippen molar-refractivity contribution in [1.29, 1.82) is 0 Å². The van der Waals surface area contributed by atoms with Crippen LogP contribution in [0.5, 0.6) is 0 Å². The number of hydrogen-bond acceptors (Lipinski definition) is 2. The number of benzene rings is 2. The van der Waals surface area contributed by atoms with Crippen molar-refractivity contribution in [2.24, 2.45) is 0 Å². The summed E-state index contributed by atoms with van der Waals surface area (Å²) in [6.45, 7) is 8.19. The highest BCUT2D eigenvalue weighted by molar-refractivity contribution is 5.96. The first kappa shape index (κ1) is 15.3. The van der Waals surface area contributed by atoms with Crippen LogP contribution in [0.15, 0.2) is 41.0 Å². The van der Waals surface area contributed by atoms with Gasteiger partial charge in [-0.1, -0.05) is 12.1 Å². The lowest BCUT2D eigenvalue weighted by atomic mass is 10.0. The Balaban J connectivity index is 1.83. The SMILES string of the molecule is Cc1cc2occ(CC(=O)Nc3cccc(C)c3C)c2cc1C. The molecule has 1 aromatic heterocycles. The second kappa shape index (κ2) is 5.92. The Hall–Kier alpha value is -2.55. The van der Waals surface area contributed by atoms with Crippen LogP contribution in [0.4, 0.5) is 5.69 Å². The van der Waals surface area contributed by atoms with Gasteiger partial charge in [-0.15, -0.1) is 0 Å². The molecule has 0 aliphatic carbocycles. The Morgan fingerprint density at radius 3 is 2.57 bits per heavy atom. The number of furan rings is 1. The topological polar surface area (TPSA) is 42.2 Å². The first-order valence-corrected chi connectivity index (χ1v) is 7.79. The third-order valence-corrected chi connectivity index (χ3v) is 4.50. The third-order valence-electron chi connectivity index (χ3n) is 4.50. The van der Waals surface area contributed by atoms with E-state index in [0.29, 0.717) is 6.42 Å². The molecule has 0 saturated carbocycles. The van der Waals surface area contributed by atoms with Gasteiger partial charge in [0.2, 0.25) is 5.91 Å². The smallest absolute Gasteiger partial charge is 0.228 e. The second-order valence-corrected chi connectivity index (χ2v) is 6.17. The summed E-state index contributed by atoms with van der Waals surface area (Å²) >= 11 is 0. The molecular weight excluding hydrogens is 286 g/mol. The fourth-order valence-electron chi connectivity index (χ4n) is 2.73. The molecular formula is C20H21NO2. The summed E-state index contributed by atoms with van der Waals surface area (Å²) in [6, 6.07) is 10.0. The Kier molecular flexibility index (Phi) is 3.95. The summed E-state index contributed by atoms with van der Waals surface area (Å²) in [6.07, 6.45) is 2.00. The number of nitrogens with one attached hydrogen (secondary N) is 1. The largest absolute Gasteiger partial charge is 0.464 e. The van der Waals surface area contributed by atoms with Crippen molar-refractivity contribution in [1.82, 2.24) is 0 Å². The zero-order valence-electron chi connectivity index (χ0n) is 14.0. The van der Waals surface area contributed by atoms with Crippen molar-refractivity contribution >= 4 is 22.6 Å². The van der Waals surface area contributed by atoms with Crippen LogP contribution in [0.25, 0.3) is 11.0 Å². The van der Waals surface area contributed by atoms with Crippen molar-refractivity contribution in [2.75, 3.05) is 5.32 Å². The molecule has 0 bridgehead atoms. The molecule has 0 radical (unpaired) electrons. The molecule has 0 atom stereocenters. The van der Waals surface area contributed by atoms with E-state index in [1.807, 2.05) is 38.1 Å². The van der Waals surface area contributed by atoms with Gasteiger partial charge in [-0.2, -0.15) is 0 Å². The molecule has 0 unspecified atom stereocenters. The quantitative estimate of drug-likeness (QED) is 0.751. The van der Waals surface area contributed by atoms with Crippen molar-refractivity contribution < 1.29 is 9.21 Å². The summed E-state index contributed by atoms with van der Waals surface area (Å²) in [5.74, 6) is -0.0281. The van der Waals surface area contributed by atoms with E-state index in [2.05, 4.69) is 25.2 Å². The van der Waals surface area contributed by atoms with E-state index in [1.54, 1.807) is 6.26 Å². The van der Waals surface area contributed by atoms with Gasteiger partial charge in [0.1, 0.15) is 5.58 Å². The number of aryl methyl sites for hydroxylation is 3. The maximum atomic E-state index is 12.4. The van der Waals surface area contributed by atoms with Crippen LogP contribution in [0.2, 0.25) is 0 Å². The van der Waals surface area contributed by atoms with E-state index in [0.717, 1.165) is 27.8 Å². The van der Waals surface area contributed by atoms with E-state index in [-0.39, 0.29) is 5.91 Å². The predicted molar refractivity (Wildman–Crippen MR) is 93.9 cm³/mol. The van der Waals surface area contributed by atoms with Gasteiger partial charge in [0.15, 0.2) is 0 Å². The number of rotatable bonds is 3. The van der Waals surface area contributed by atoms with E-state index < -0.39 is 0 Å². The number of hydrogen-bond donors (Lipinski definition) is 1. The molecule has 0 aliphatic rings. The van der Waals surface area contributed by atoms with Crippen molar-refractivity contribution in [3.05, 3.63) is 64.4 Å². The first-order valence-electron chi connectivity index (χ1n) is 7.79. The van der Waals surface area contributed by atoms with Crippen LogP contribution in [0.3, 0.4) is 0 Å². The number of amides is 1. The molecule has 1 heterocycles. The normalized spacial score (nSPS) is 11.0. The first-order chi connectivity index (χ1) is 11.0. The van der Waals surface area contributed by atoms with Gasteiger partial charge < -0.3 is 9.73 Å². The monoisotopic (exact) mass is 307 g/mol. The van der Waals surface area contributed by atoms with Gasteiger partial charge in [0.05, 0.1) is 12.7 Å². The average Bonchev–Trinajstić information content (AvgIpc) is 2.86. The van der Waals surface area contributed by atoms with E-state index in [4.69, 9.17) is 4.42 Å². The summed E-state index contributed by atoms with van der Waals surface area (Å²) in [5.41, 5.74) is 7.30. The molecule has 0 aliphatic heterocycles. The highest BCUT2D eigenvalue weighted by atomic mass is 16.3. The molecule has 1 amide bonds. The number of carbonyl (C=O) groups excluding carboxylic acids is 1. The molecule has 23 heavy (non-hydrogen) atoms. The second-order valence-electron chi connectivity index (χ2n) is 6.17. The minimum absolute atomic E-state index is 0.0281. The maximum absolute atomic E-state index is 12.4. The van der Waals surface area contributed by atoms with Crippen LogP contribution in [-0.4, -0.2) is 5.91 Å². The molecule has 0 saturated heterocycles. The van der Waals surface area contributed by atoms with E-state index >= 15 is 0 Å². The lowest BCUT2D eigenvalue weighted by Crippen LogP contribution is -2.15. The molecule has 3 aromatic rings. The summed E-state index contributed by atoms with van der Waals surface area (Å²) in [7, 11) is 0. The van der Waals surface area contributed by atoms with Gasteiger partial charge in [0.25, 0.3) is 0 Å². The molecule has 0 fully saturated rings. The van der Waals surface area contributed by atoms with Crippen molar-refractivity contribution in [3.8, 4) is 0 Å². The fraction of sp³-hybridized carbons (Fsp3) is 0.250. The van der Waals surface area contributed by atoms with Crippen LogP contribution in [-0.2, 0) is 11.2 Å². The zero-order valence-corrected chi connectivity index (χ0v) is 14.0. The molecule has 118 valence electrons. The van der Waals surface area contributed by atoms with Crippen molar-refractivity contribution in [3.63, 3.8) is 0 Å². The lowest BCUT2D eigenvalue weighted by molar-refractivity contribution is -0.115. The van der Waals surface area contributed by atoms with Gasteiger partial charge in [-0.05, 0) is 68.1 Å². The number of anilines is 1. The zero-order chi connectivity index (χ0) is 16.6. The van der Waals surface area contributed by atoms with Crippen molar-refractivity contribution in [2.45, 2.75) is 34.1 Å². The highest BCUT2D eigenvalue weighted by Crippen LogP contribution is 2.25. The lowest BCUT2D eigenvalue weighted by Gasteiger charge is -2.10. The minimum Gasteiger partial charge on any atom is -0.464 e. The highest BCUT2D eigenvalue weighted by Gasteiger charge is 2.13. The molecule has 0 spiro atoms. The Morgan fingerprint density at radius 1 is 1.04 bits per heavy atom. The summed E-state index contributed by atoms with van der Waals surface area (Å²) in [5, 5.41) is 4.02. The van der Waals surface area contributed by atoms with Gasteiger partial charge >= 0.3 is 0 Å². The fourth-order valence-corrected chi connectivity index (χ4v) is 2.73. The molecule has 3 rings (SSSR count). The van der Waals surface area contributed by atoms with Crippen LogP contribution >= 0.6 is 0 Å². The van der Waals surface area contributed by atoms with Gasteiger partial charge in [-0.3, -0.25) is 4.79 Å². The Bertz CT molecular complexity index is 890. The maximum Gasteiger partial charge on any atom is 0.228 e. The molecule has 2 aromatic carbocycles. The van der Waals surface area contributed by atoms with Crippen LogP contribution in [0, 0.1) is 27.7 Å². The van der Waals surface area contributed by atoms with Gasteiger partial charge in [-0.25, -0.2) is 0 Å². The standard InChI is InChI=1S/C20H21NO2/c1-12-6-5-7-18(15(12)4)21-20(22)10-16-11-23-19-9-14(3)13(2)8-17(16)19/h5-9,11H,10H2,1-4H3,(H,21,22). The summed E-state index contributed by atoms with van der Waals surface area (Å²) < 4.78 is 5.60.